The number of rotatable bonds is 3. The highest BCUT2D eigenvalue weighted by atomic mass is 35.5. The summed E-state index contributed by atoms with van der Waals surface area (Å²) in [6.45, 7) is 0.622. The minimum Gasteiger partial charge on any atom is -0.352 e. The fraction of sp³-hybridized carbons (Fsp3) is 0.400. The zero-order valence-electron chi connectivity index (χ0n) is 18.3. The lowest BCUT2D eigenvalue weighted by Gasteiger charge is -2.24. The summed E-state index contributed by atoms with van der Waals surface area (Å²) in [5.74, 6) is -3.72. The summed E-state index contributed by atoms with van der Waals surface area (Å²) < 4.78 is 0. The van der Waals surface area contributed by atoms with E-state index in [0.717, 1.165) is 5.56 Å². The van der Waals surface area contributed by atoms with Gasteiger partial charge in [-0.25, -0.2) is 0 Å². The van der Waals surface area contributed by atoms with Gasteiger partial charge in [-0.15, -0.1) is 11.6 Å². The summed E-state index contributed by atoms with van der Waals surface area (Å²) in [6, 6.07) is 9.32. The summed E-state index contributed by atoms with van der Waals surface area (Å²) in [6.07, 6.45) is 5.17. The Morgan fingerprint density at radius 1 is 1.00 bits per heavy atom. The molecule has 1 heterocycles. The Morgan fingerprint density at radius 2 is 1.73 bits per heavy atom. The predicted molar refractivity (Wildman–Crippen MR) is 123 cm³/mol. The number of benzene rings is 1. The number of hydrogen-bond donors (Lipinski definition) is 2. The van der Waals surface area contributed by atoms with Gasteiger partial charge in [0.2, 0.25) is 5.91 Å². The van der Waals surface area contributed by atoms with E-state index in [0.29, 0.717) is 25.8 Å². The summed E-state index contributed by atoms with van der Waals surface area (Å²) in [4.78, 5) is 63.6. The lowest BCUT2D eigenvalue weighted by molar-refractivity contribution is -0.134. The van der Waals surface area contributed by atoms with Crippen LogP contribution in [0.1, 0.15) is 44.1 Å². The van der Waals surface area contributed by atoms with Crippen LogP contribution in [0, 0.1) is 5.92 Å². The Hall–Kier alpha value is -3.06. The van der Waals surface area contributed by atoms with Crippen LogP contribution < -0.4 is 10.6 Å². The largest absolute Gasteiger partial charge is 0.352 e. The first-order valence-corrected chi connectivity index (χ1v) is 11.5. The highest BCUT2D eigenvalue weighted by Gasteiger charge is 2.39. The fourth-order valence-corrected chi connectivity index (χ4v) is 4.22. The van der Waals surface area contributed by atoms with E-state index in [9.17, 15) is 24.0 Å². The molecule has 8 heteroatoms. The van der Waals surface area contributed by atoms with Gasteiger partial charge in [0.15, 0.2) is 11.6 Å². The molecule has 0 spiro atoms. The smallest absolute Gasteiger partial charge is 0.254 e. The number of Topliss-reactive ketones (excluding diaryl/α,β-unsaturated/α-hetero) is 3. The molecule has 1 aromatic rings. The summed E-state index contributed by atoms with van der Waals surface area (Å²) in [5.41, 5.74) is 0.665. The van der Waals surface area contributed by atoms with E-state index >= 15 is 0 Å². The molecule has 2 atom stereocenters. The second-order valence-electron chi connectivity index (χ2n) is 8.18. The van der Waals surface area contributed by atoms with Crippen LogP contribution in [0.15, 0.2) is 53.6 Å². The van der Waals surface area contributed by atoms with E-state index in [2.05, 4.69) is 10.6 Å². The zero-order chi connectivity index (χ0) is 23.8. The molecule has 0 saturated heterocycles. The van der Waals surface area contributed by atoms with Crippen molar-refractivity contribution in [3.05, 3.63) is 59.2 Å². The second-order valence-corrected chi connectivity index (χ2v) is 8.61. The van der Waals surface area contributed by atoms with Gasteiger partial charge in [-0.05, 0) is 36.8 Å². The lowest BCUT2D eigenvalue weighted by atomic mass is 9.83. The Labute approximate surface area is 197 Å². The first-order valence-electron chi connectivity index (χ1n) is 11.1. The maximum absolute atomic E-state index is 13.2. The molecule has 0 bridgehead atoms. The number of nitrogens with one attached hydrogen (secondary N) is 2. The van der Waals surface area contributed by atoms with Crippen molar-refractivity contribution in [3.8, 4) is 0 Å². The highest BCUT2D eigenvalue weighted by molar-refractivity contribution is 6.40. The summed E-state index contributed by atoms with van der Waals surface area (Å²) in [7, 11) is 0. The highest BCUT2D eigenvalue weighted by Crippen LogP contribution is 2.29. The first kappa shape index (κ1) is 24.6. The molecule has 1 aliphatic heterocycles. The van der Waals surface area contributed by atoms with Gasteiger partial charge in [-0.3, -0.25) is 24.0 Å². The normalized spacial score (nSPS) is 23.9. The van der Waals surface area contributed by atoms with Crippen molar-refractivity contribution in [2.45, 2.75) is 50.4 Å². The van der Waals surface area contributed by atoms with E-state index in [1.54, 1.807) is 0 Å². The molecule has 0 radical (unpaired) electrons. The third-order valence-electron chi connectivity index (χ3n) is 5.75. The molecule has 0 fully saturated rings. The van der Waals surface area contributed by atoms with Crippen molar-refractivity contribution in [2.75, 3.05) is 6.54 Å². The van der Waals surface area contributed by atoms with E-state index in [1.165, 1.54) is 0 Å². The average Bonchev–Trinajstić information content (AvgIpc) is 2.79. The van der Waals surface area contributed by atoms with Gasteiger partial charge in [-0.1, -0.05) is 42.5 Å². The predicted octanol–water partition coefficient (Wildman–Crippen LogP) is 2.57. The number of allylic oxidation sites excluding steroid dienone is 3. The zero-order valence-corrected chi connectivity index (χ0v) is 19.0. The number of carbonyl (C=O) groups is 5. The second kappa shape index (κ2) is 11.7. The van der Waals surface area contributed by atoms with E-state index in [4.69, 9.17) is 11.6 Å². The number of alkyl halides is 1. The van der Waals surface area contributed by atoms with Gasteiger partial charge in [0, 0.05) is 19.5 Å². The molecule has 0 saturated carbocycles. The van der Waals surface area contributed by atoms with Crippen molar-refractivity contribution < 1.29 is 24.0 Å². The van der Waals surface area contributed by atoms with Crippen LogP contribution in [0.5, 0.6) is 0 Å². The topological polar surface area (TPSA) is 109 Å². The molecule has 0 aromatic heterocycles. The molecule has 2 amide bonds. The molecule has 1 aliphatic carbocycles. The Balaban J connectivity index is 1.87. The number of halogens is 1. The number of carbonyl (C=O) groups excluding carboxylic acids is 5. The van der Waals surface area contributed by atoms with E-state index in [1.807, 2.05) is 42.5 Å². The molecule has 174 valence electrons. The monoisotopic (exact) mass is 470 g/mol. The van der Waals surface area contributed by atoms with Gasteiger partial charge in [0.05, 0.1) is 17.9 Å². The van der Waals surface area contributed by atoms with Crippen LogP contribution in [0.2, 0.25) is 0 Å². The summed E-state index contributed by atoms with van der Waals surface area (Å²) in [5, 5.41) is 4.23. The van der Waals surface area contributed by atoms with Crippen molar-refractivity contribution in [1.82, 2.24) is 10.6 Å². The minimum atomic E-state index is -1.24. The Bertz CT molecular complexity index is 999. The van der Waals surface area contributed by atoms with E-state index in [-0.39, 0.29) is 24.1 Å². The van der Waals surface area contributed by atoms with Crippen LogP contribution in [0.3, 0.4) is 0 Å². The number of ketones is 3. The van der Waals surface area contributed by atoms with Crippen LogP contribution in [-0.4, -0.2) is 41.1 Å². The quantitative estimate of drug-likeness (QED) is 0.305. The van der Waals surface area contributed by atoms with Gasteiger partial charge in [0.25, 0.3) is 5.91 Å². The number of amides is 2. The molecule has 1 aromatic carbocycles. The Kier molecular flexibility index (Phi) is 8.72. The Morgan fingerprint density at radius 3 is 2.48 bits per heavy atom. The maximum Gasteiger partial charge on any atom is 0.254 e. The molecule has 2 N–H and O–H groups in total. The molecule has 3 rings (SSSR count). The lowest BCUT2D eigenvalue weighted by Crippen LogP contribution is -2.40. The van der Waals surface area contributed by atoms with Gasteiger partial charge < -0.3 is 10.6 Å². The van der Waals surface area contributed by atoms with Crippen molar-refractivity contribution in [3.63, 3.8) is 0 Å². The molecule has 7 nitrogen and oxygen atoms in total. The van der Waals surface area contributed by atoms with Crippen LogP contribution in [0.25, 0.3) is 0 Å². The molecule has 1 unspecified atom stereocenters. The maximum atomic E-state index is 13.2. The SMILES string of the molecule is O=C1CC(=O)C(Cl)C2=C1C(=O)NCCC/C=C/CC[C@@H](C(=O)NCc1ccccc1)C(=O)C2. The standard InChI is InChI=1S/C25H27ClN2O5/c26-23-18-13-19(29)17(24(32)28-15-16-9-5-4-6-10-16)11-7-2-1-3-8-12-27-25(33)22(18)20(30)14-21(23)31/h1-2,4-6,9-10,17,23H,3,7-8,11-15H2,(H,27,33)(H,28,32)/b2-1+/t17-,23?/m1/s1. The van der Waals surface area contributed by atoms with Gasteiger partial charge >= 0.3 is 0 Å². The minimum absolute atomic E-state index is 0.00567. The van der Waals surface area contributed by atoms with Crippen molar-refractivity contribution in [2.24, 2.45) is 5.92 Å². The third-order valence-corrected chi connectivity index (χ3v) is 6.26. The van der Waals surface area contributed by atoms with Crippen molar-refractivity contribution in [1.29, 1.82) is 0 Å². The molecular formula is C25H27ClN2O5. The third kappa shape index (κ3) is 6.48. The summed E-state index contributed by atoms with van der Waals surface area (Å²) >= 11 is 6.25. The fourth-order valence-electron chi connectivity index (χ4n) is 3.95. The average molecular weight is 471 g/mol. The molecule has 2 aliphatic rings. The van der Waals surface area contributed by atoms with Crippen LogP contribution >= 0.6 is 11.6 Å². The van der Waals surface area contributed by atoms with Crippen LogP contribution in [0.4, 0.5) is 0 Å². The van der Waals surface area contributed by atoms with Gasteiger partial charge in [0.1, 0.15) is 11.2 Å². The molecular weight excluding hydrogens is 444 g/mol. The van der Waals surface area contributed by atoms with Crippen LogP contribution in [-0.2, 0) is 30.5 Å². The molecule has 33 heavy (non-hydrogen) atoms. The van der Waals surface area contributed by atoms with Gasteiger partial charge in [-0.2, -0.15) is 0 Å². The van der Waals surface area contributed by atoms with Crippen molar-refractivity contribution >= 4 is 40.8 Å². The van der Waals surface area contributed by atoms with E-state index < -0.39 is 53.3 Å². The number of hydrogen-bond acceptors (Lipinski definition) is 5. The first-order chi connectivity index (χ1) is 15.9.